The molecule has 0 saturated heterocycles. The van der Waals surface area contributed by atoms with Crippen LogP contribution < -0.4 is 9.46 Å². The van der Waals surface area contributed by atoms with E-state index in [0.29, 0.717) is 17.2 Å². The molecule has 0 heterocycles. The lowest BCUT2D eigenvalue weighted by molar-refractivity contribution is 0.482. The van der Waals surface area contributed by atoms with E-state index in [1.54, 1.807) is 24.3 Å². The van der Waals surface area contributed by atoms with Gasteiger partial charge in [-0.1, -0.05) is 30.3 Å². The van der Waals surface area contributed by atoms with Crippen molar-refractivity contribution in [3.05, 3.63) is 84.4 Å². The van der Waals surface area contributed by atoms with E-state index < -0.39 is 10.0 Å². The average Bonchev–Trinajstić information content (AvgIpc) is 2.56. The molecule has 4 nitrogen and oxygen atoms in total. The highest BCUT2D eigenvalue weighted by Gasteiger charge is 2.14. The van der Waals surface area contributed by atoms with Crippen LogP contribution in [-0.2, 0) is 10.0 Å². The van der Waals surface area contributed by atoms with Gasteiger partial charge in [0.1, 0.15) is 11.5 Å². The Bertz CT molecular complexity index is 920. The Morgan fingerprint density at radius 3 is 2.12 bits per heavy atom. The Balaban J connectivity index is 1.77. The van der Waals surface area contributed by atoms with E-state index in [4.69, 9.17) is 4.74 Å². The molecule has 0 fully saturated rings. The van der Waals surface area contributed by atoms with Crippen molar-refractivity contribution in [2.75, 3.05) is 4.72 Å². The second-order valence-electron chi connectivity index (χ2n) is 5.36. The number of rotatable bonds is 5. The number of anilines is 1. The first kappa shape index (κ1) is 16.1. The van der Waals surface area contributed by atoms with Crippen LogP contribution in [0.1, 0.15) is 5.56 Å². The van der Waals surface area contributed by atoms with Gasteiger partial charge in [0.25, 0.3) is 10.0 Å². The molecule has 5 heteroatoms. The molecule has 122 valence electrons. The highest BCUT2D eigenvalue weighted by Crippen LogP contribution is 2.23. The minimum atomic E-state index is -3.63. The summed E-state index contributed by atoms with van der Waals surface area (Å²) in [5.41, 5.74) is 1.53. The van der Waals surface area contributed by atoms with Crippen molar-refractivity contribution in [3.63, 3.8) is 0 Å². The quantitative estimate of drug-likeness (QED) is 0.740. The molecule has 3 rings (SSSR count). The Kier molecular flexibility index (Phi) is 4.53. The van der Waals surface area contributed by atoms with Crippen LogP contribution in [0.5, 0.6) is 11.5 Å². The monoisotopic (exact) mass is 339 g/mol. The predicted molar refractivity (Wildman–Crippen MR) is 94.9 cm³/mol. The van der Waals surface area contributed by atoms with Gasteiger partial charge in [0.2, 0.25) is 0 Å². The number of nitrogens with one attached hydrogen (secondary N) is 1. The largest absolute Gasteiger partial charge is 0.457 e. The normalized spacial score (nSPS) is 11.0. The number of benzene rings is 3. The highest BCUT2D eigenvalue weighted by molar-refractivity contribution is 7.92. The first-order chi connectivity index (χ1) is 11.5. The van der Waals surface area contributed by atoms with Crippen molar-refractivity contribution in [2.45, 2.75) is 11.8 Å². The molecule has 0 aliphatic carbocycles. The molecule has 0 atom stereocenters. The SMILES string of the molecule is Cc1cccc(NS(=O)(=O)c2ccc(Oc3ccccc3)cc2)c1. The number of aryl methyl sites for hydroxylation is 1. The fourth-order valence-corrected chi connectivity index (χ4v) is 3.28. The van der Waals surface area contributed by atoms with Crippen LogP contribution >= 0.6 is 0 Å². The van der Waals surface area contributed by atoms with Gasteiger partial charge in [0.05, 0.1) is 4.90 Å². The predicted octanol–water partition coefficient (Wildman–Crippen LogP) is 4.59. The fraction of sp³-hybridized carbons (Fsp3) is 0.0526. The van der Waals surface area contributed by atoms with Crippen LogP contribution in [0.15, 0.2) is 83.8 Å². The van der Waals surface area contributed by atoms with Crippen LogP contribution in [0.3, 0.4) is 0 Å². The van der Waals surface area contributed by atoms with E-state index in [1.165, 1.54) is 12.1 Å². The van der Waals surface area contributed by atoms with Crippen molar-refractivity contribution in [1.82, 2.24) is 0 Å². The lowest BCUT2D eigenvalue weighted by Crippen LogP contribution is -2.12. The summed E-state index contributed by atoms with van der Waals surface area (Å²) in [4.78, 5) is 0.185. The van der Waals surface area contributed by atoms with Crippen molar-refractivity contribution < 1.29 is 13.2 Å². The smallest absolute Gasteiger partial charge is 0.261 e. The van der Waals surface area contributed by atoms with E-state index in [2.05, 4.69) is 4.72 Å². The molecule has 3 aromatic carbocycles. The van der Waals surface area contributed by atoms with Crippen molar-refractivity contribution >= 4 is 15.7 Å². The molecule has 0 aliphatic heterocycles. The average molecular weight is 339 g/mol. The highest BCUT2D eigenvalue weighted by atomic mass is 32.2. The lowest BCUT2D eigenvalue weighted by atomic mass is 10.2. The van der Waals surface area contributed by atoms with Crippen molar-refractivity contribution in [2.24, 2.45) is 0 Å². The van der Waals surface area contributed by atoms with E-state index in [1.807, 2.05) is 49.4 Å². The molecule has 24 heavy (non-hydrogen) atoms. The van der Waals surface area contributed by atoms with Gasteiger partial charge in [0, 0.05) is 5.69 Å². The van der Waals surface area contributed by atoms with Gasteiger partial charge in [-0.25, -0.2) is 8.42 Å². The summed E-state index contributed by atoms with van der Waals surface area (Å²) in [6, 6.07) is 22.9. The molecule has 0 amide bonds. The summed E-state index contributed by atoms with van der Waals surface area (Å²) >= 11 is 0. The van der Waals surface area contributed by atoms with E-state index >= 15 is 0 Å². The minimum absolute atomic E-state index is 0.185. The standard InChI is InChI=1S/C19H17NO3S/c1-15-6-5-7-16(14-15)20-24(21,22)19-12-10-18(11-13-19)23-17-8-3-2-4-9-17/h2-14,20H,1H3. The minimum Gasteiger partial charge on any atom is -0.457 e. The number of sulfonamides is 1. The van der Waals surface area contributed by atoms with E-state index in [9.17, 15) is 8.42 Å². The first-order valence-corrected chi connectivity index (χ1v) is 8.94. The molecule has 0 saturated carbocycles. The maximum atomic E-state index is 12.4. The zero-order chi connectivity index (χ0) is 17.0. The third-order valence-corrected chi connectivity index (χ3v) is 4.78. The molecular formula is C19H17NO3S. The Hall–Kier alpha value is -2.79. The van der Waals surface area contributed by atoms with E-state index in [0.717, 1.165) is 5.56 Å². The van der Waals surface area contributed by atoms with Crippen LogP contribution in [-0.4, -0.2) is 8.42 Å². The Morgan fingerprint density at radius 1 is 0.792 bits per heavy atom. The van der Waals surface area contributed by atoms with Crippen molar-refractivity contribution in [3.8, 4) is 11.5 Å². The van der Waals surface area contributed by atoms with Gasteiger partial charge in [-0.3, -0.25) is 4.72 Å². The van der Waals surface area contributed by atoms with E-state index in [-0.39, 0.29) is 4.90 Å². The summed E-state index contributed by atoms with van der Waals surface area (Å²) in [5, 5.41) is 0. The van der Waals surface area contributed by atoms with Gasteiger partial charge in [0.15, 0.2) is 0 Å². The van der Waals surface area contributed by atoms with Crippen LogP contribution in [0.2, 0.25) is 0 Å². The Labute approximate surface area is 141 Å². The fourth-order valence-electron chi connectivity index (χ4n) is 2.23. The maximum absolute atomic E-state index is 12.4. The molecule has 0 spiro atoms. The van der Waals surface area contributed by atoms with Gasteiger partial charge in [-0.05, 0) is 61.0 Å². The molecule has 1 N–H and O–H groups in total. The molecule has 0 radical (unpaired) electrons. The van der Waals surface area contributed by atoms with Crippen LogP contribution in [0, 0.1) is 6.92 Å². The lowest BCUT2D eigenvalue weighted by Gasteiger charge is -2.10. The second-order valence-corrected chi connectivity index (χ2v) is 7.04. The molecule has 0 bridgehead atoms. The number of ether oxygens (including phenoxy) is 1. The van der Waals surface area contributed by atoms with Gasteiger partial charge in [-0.15, -0.1) is 0 Å². The zero-order valence-electron chi connectivity index (χ0n) is 13.1. The number of hydrogen-bond acceptors (Lipinski definition) is 3. The van der Waals surface area contributed by atoms with Gasteiger partial charge in [-0.2, -0.15) is 0 Å². The van der Waals surface area contributed by atoms with Crippen molar-refractivity contribution in [1.29, 1.82) is 0 Å². The first-order valence-electron chi connectivity index (χ1n) is 7.45. The molecule has 0 aliphatic rings. The summed E-state index contributed by atoms with van der Waals surface area (Å²) < 4.78 is 33.1. The maximum Gasteiger partial charge on any atom is 0.261 e. The van der Waals surface area contributed by atoms with Crippen LogP contribution in [0.4, 0.5) is 5.69 Å². The van der Waals surface area contributed by atoms with Gasteiger partial charge >= 0.3 is 0 Å². The van der Waals surface area contributed by atoms with Gasteiger partial charge < -0.3 is 4.74 Å². The summed E-state index contributed by atoms with van der Waals surface area (Å²) in [6.07, 6.45) is 0. The number of para-hydroxylation sites is 1. The molecule has 0 unspecified atom stereocenters. The Morgan fingerprint density at radius 2 is 1.46 bits per heavy atom. The topological polar surface area (TPSA) is 55.4 Å². The second kappa shape index (κ2) is 6.76. The third kappa shape index (κ3) is 3.94. The third-order valence-electron chi connectivity index (χ3n) is 3.38. The van der Waals surface area contributed by atoms with Crippen LogP contribution in [0.25, 0.3) is 0 Å². The zero-order valence-corrected chi connectivity index (χ0v) is 14.0. The summed E-state index contributed by atoms with van der Waals surface area (Å²) in [5.74, 6) is 1.28. The number of hydrogen-bond donors (Lipinski definition) is 1. The summed E-state index contributed by atoms with van der Waals surface area (Å²) in [6.45, 7) is 1.91. The summed E-state index contributed by atoms with van der Waals surface area (Å²) in [7, 11) is -3.63. The molecular weight excluding hydrogens is 322 g/mol. The molecule has 3 aromatic rings. The molecule has 0 aromatic heterocycles.